The van der Waals surface area contributed by atoms with E-state index >= 15 is 0 Å². The van der Waals surface area contributed by atoms with Gasteiger partial charge in [-0.25, -0.2) is 4.98 Å². The first-order valence-electron chi connectivity index (χ1n) is 5.45. The van der Waals surface area contributed by atoms with Crippen molar-refractivity contribution in [3.63, 3.8) is 0 Å². The number of likely N-dealkylation sites (N-methyl/N-ethyl adjacent to an activating group) is 1. The number of aromatic nitrogens is 2. The molecule has 17 heavy (non-hydrogen) atoms. The fourth-order valence-corrected chi connectivity index (χ4v) is 1.92. The molecule has 5 nitrogen and oxygen atoms in total. The zero-order valence-electron chi connectivity index (χ0n) is 9.82. The molecule has 0 aliphatic rings. The summed E-state index contributed by atoms with van der Waals surface area (Å²) in [6.07, 6.45) is 0. The molecular weight excluding hydrogens is 218 g/mol. The number of aryl methyl sites for hydroxylation is 1. The topological polar surface area (TPSA) is 78.0 Å². The van der Waals surface area contributed by atoms with Crippen LogP contribution in [0.4, 0.5) is 0 Å². The Bertz CT molecular complexity index is 548. The first-order chi connectivity index (χ1) is 8.11. The van der Waals surface area contributed by atoms with Crippen molar-refractivity contribution in [2.45, 2.75) is 12.8 Å². The molecule has 0 saturated carbocycles. The average molecular weight is 233 g/mol. The average Bonchev–Trinajstić information content (AvgIpc) is 2.64. The summed E-state index contributed by atoms with van der Waals surface area (Å²) < 4.78 is 0. The molecule has 2 aromatic rings. The highest BCUT2D eigenvalue weighted by Gasteiger charge is 2.19. The van der Waals surface area contributed by atoms with Gasteiger partial charge in [0.05, 0.1) is 17.0 Å². The summed E-state index contributed by atoms with van der Waals surface area (Å²) in [6.45, 7) is 2.29. The third kappa shape index (κ3) is 2.29. The second-order valence-corrected chi connectivity index (χ2v) is 4.05. The van der Waals surface area contributed by atoms with Crippen LogP contribution in [0, 0.1) is 6.92 Å². The lowest BCUT2D eigenvalue weighted by atomic mass is 9.99. The number of imidazole rings is 1. The molecule has 0 saturated heterocycles. The van der Waals surface area contributed by atoms with Gasteiger partial charge in [0.2, 0.25) is 0 Å². The molecule has 90 valence electrons. The molecule has 1 heterocycles. The standard InChI is InChI=1S/C12H15N3O2/c1-7-14-10-4-3-8(5-11(10)15-7)9(6-13-2)12(16)17/h3-5,9,13H,6H2,1-2H3,(H,14,15)(H,16,17). The van der Waals surface area contributed by atoms with Gasteiger partial charge in [0, 0.05) is 6.54 Å². The van der Waals surface area contributed by atoms with E-state index in [9.17, 15) is 4.79 Å². The largest absolute Gasteiger partial charge is 0.481 e. The van der Waals surface area contributed by atoms with Gasteiger partial charge in [-0.05, 0) is 31.7 Å². The molecule has 0 amide bonds. The molecule has 2 rings (SSSR count). The lowest BCUT2D eigenvalue weighted by Gasteiger charge is -2.11. The van der Waals surface area contributed by atoms with E-state index in [4.69, 9.17) is 5.11 Å². The molecule has 0 bridgehead atoms. The molecule has 0 spiro atoms. The summed E-state index contributed by atoms with van der Waals surface area (Å²) in [6, 6.07) is 5.52. The van der Waals surface area contributed by atoms with Crippen molar-refractivity contribution in [2.75, 3.05) is 13.6 Å². The lowest BCUT2D eigenvalue weighted by Crippen LogP contribution is -2.24. The highest BCUT2D eigenvalue weighted by atomic mass is 16.4. The van der Waals surface area contributed by atoms with Crippen molar-refractivity contribution in [2.24, 2.45) is 0 Å². The molecule has 1 aromatic heterocycles. The number of fused-ring (bicyclic) bond motifs is 1. The van der Waals surface area contributed by atoms with Crippen LogP contribution in [-0.4, -0.2) is 34.6 Å². The zero-order chi connectivity index (χ0) is 12.4. The predicted octanol–water partition coefficient (Wildman–Crippen LogP) is 1.26. The lowest BCUT2D eigenvalue weighted by molar-refractivity contribution is -0.138. The number of carboxylic acids is 1. The normalized spacial score (nSPS) is 12.8. The van der Waals surface area contributed by atoms with E-state index in [1.807, 2.05) is 25.1 Å². The Labute approximate surface area is 98.9 Å². The molecule has 0 radical (unpaired) electrons. The molecular formula is C12H15N3O2. The minimum atomic E-state index is -0.824. The minimum Gasteiger partial charge on any atom is -0.481 e. The number of rotatable bonds is 4. The number of hydrogen-bond donors (Lipinski definition) is 3. The Morgan fingerprint density at radius 3 is 3.00 bits per heavy atom. The summed E-state index contributed by atoms with van der Waals surface area (Å²) in [5, 5.41) is 12.1. The Kier molecular flexibility index (Phi) is 3.10. The molecule has 0 aliphatic carbocycles. The van der Waals surface area contributed by atoms with Gasteiger partial charge in [0.1, 0.15) is 5.82 Å². The molecule has 1 aromatic carbocycles. The first-order valence-corrected chi connectivity index (χ1v) is 5.45. The van der Waals surface area contributed by atoms with Crippen LogP contribution in [0.2, 0.25) is 0 Å². The van der Waals surface area contributed by atoms with Crippen LogP contribution in [0.3, 0.4) is 0 Å². The smallest absolute Gasteiger partial charge is 0.312 e. The van der Waals surface area contributed by atoms with Crippen molar-refractivity contribution >= 4 is 17.0 Å². The predicted molar refractivity (Wildman–Crippen MR) is 65.1 cm³/mol. The van der Waals surface area contributed by atoms with Gasteiger partial charge in [-0.1, -0.05) is 6.07 Å². The number of carboxylic acid groups (broad SMARTS) is 1. The monoisotopic (exact) mass is 233 g/mol. The fraction of sp³-hybridized carbons (Fsp3) is 0.333. The number of aliphatic carboxylic acids is 1. The second kappa shape index (κ2) is 4.55. The van der Waals surface area contributed by atoms with Gasteiger partial charge in [-0.2, -0.15) is 0 Å². The van der Waals surface area contributed by atoms with E-state index in [1.165, 1.54) is 0 Å². The maximum absolute atomic E-state index is 11.2. The van der Waals surface area contributed by atoms with E-state index < -0.39 is 11.9 Å². The van der Waals surface area contributed by atoms with Crippen LogP contribution >= 0.6 is 0 Å². The maximum atomic E-state index is 11.2. The molecule has 5 heteroatoms. The zero-order valence-corrected chi connectivity index (χ0v) is 9.82. The highest BCUT2D eigenvalue weighted by Crippen LogP contribution is 2.20. The van der Waals surface area contributed by atoms with E-state index in [-0.39, 0.29) is 0 Å². The Balaban J connectivity index is 2.42. The van der Waals surface area contributed by atoms with Crippen LogP contribution in [0.15, 0.2) is 18.2 Å². The molecule has 1 unspecified atom stereocenters. The van der Waals surface area contributed by atoms with E-state index in [2.05, 4.69) is 15.3 Å². The van der Waals surface area contributed by atoms with Crippen molar-refractivity contribution in [3.05, 3.63) is 29.6 Å². The third-order valence-electron chi connectivity index (χ3n) is 2.73. The van der Waals surface area contributed by atoms with Crippen LogP contribution in [0.25, 0.3) is 11.0 Å². The Morgan fingerprint density at radius 2 is 2.35 bits per heavy atom. The summed E-state index contributed by atoms with van der Waals surface area (Å²) in [5.41, 5.74) is 2.52. The Hall–Kier alpha value is -1.88. The SMILES string of the molecule is CNCC(C(=O)O)c1ccc2nc(C)[nH]c2c1. The van der Waals surface area contributed by atoms with Crippen LogP contribution < -0.4 is 5.32 Å². The number of benzene rings is 1. The first kappa shape index (κ1) is 11.6. The number of carbonyl (C=O) groups is 1. The maximum Gasteiger partial charge on any atom is 0.312 e. The van der Waals surface area contributed by atoms with E-state index in [0.717, 1.165) is 22.4 Å². The van der Waals surface area contributed by atoms with Gasteiger partial charge in [0.25, 0.3) is 0 Å². The van der Waals surface area contributed by atoms with Crippen molar-refractivity contribution < 1.29 is 9.90 Å². The summed E-state index contributed by atoms with van der Waals surface area (Å²) >= 11 is 0. The number of aromatic amines is 1. The number of nitrogens with one attached hydrogen (secondary N) is 2. The molecule has 0 aliphatic heterocycles. The molecule has 1 atom stereocenters. The van der Waals surface area contributed by atoms with Crippen LogP contribution in [-0.2, 0) is 4.79 Å². The van der Waals surface area contributed by atoms with Gasteiger partial charge in [-0.3, -0.25) is 4.79 Å². The van der Waals surface area contributed by atoms with E-state index in [0.29, 0.717) is 6.54 Å². The van der Waals surface area contributed by atoms with Crippen LogP contribution in [0.5, 0.6) is 0 Å². The minimum absolute atomic E-state index is 0.411. The highest BCUT2D eigenvalue weighted by molar-refractivity contribution is 5.81. The molecule has 0 fully saturated rings. The summed E-state index contributed by atoms with van der Waals surface area (Å²) in [4.78, 5) is 18.6. The molecule has 3 N–H and O–H groups in total. The van der Waals surface area contributed by atoms with Crippen molar-refractivity contribution in [1.82, 2.24) is 15.3 Å². The fourth-order valence-electron chi connectivity index (χ4n) is 1.92. The third-order valence-corrected chi connectivity index (χ3v) is 2.73. The quantitative estimate of drug-likeness (QED) is 0.743. The van der Waals surface area contributed by atoms with Gasteiger partial charge in [0.15, 0.2) is 0 Å². The van der Waals surface area contributed by atoms with E-state index in [1.54, 1.807) is 7.05 Å². The van der Waals surface area contributed by atoms with Gasteiger partial charge < -0.3 is 15.4 Å². The van der Waals surface area contributed by atoms with Gasteiger partial charge >= 0.3 is 5.97 Å². The van der Waals surface area contributed by atoms with Crippen molar-refractivity contribution in [1.29, 1.82) is 0 Å². The van der Waals surface area contributed by atoms with Crippen molar-refractivity contribution in [3.8, 4) is 0 Å². The van der Waals surface area contributed by atoms with Crippen LogP contribution in [0.1, 0.15) is 17.3 Å². The Morgan fingerprint density at radius 1 is 1.59 bits per heavy atom. The number of H-pyrrole nitrogens is 1. The summed E-state index contributed by atoms with van der Waals surface area (Å²) in [5.74, 6) is -0.527. The van der Waals surface area contributed by atoms with Gasteiger partial charge in [-0.15, -0.1) is 0 Å². The summed E-state index contributed by atoms with van der Waals surface area (Å²) in [7, 11) is 1.74. The second-order valence-electron chi connectivity index (χ2n) is 4.05. The number of hydrogen-bond acceptors (Lipinski definition) is 3. The number of nitrogens with zero attached hydrogens (tertiary/aromatic N) is 1.